The molecule has 0 aliphatic heterocycles. The number of aromatic amines is 1. The van der Waals surface area contributed by atoms with Gasteiger partial charge in [0.15, 0.2) is 4.77 Å². The van der Waals surface area contributed by atoms with Crippen LogP contribution < -0.4 is 0 Å². The van der Waals surface area contributed by atoms with Crippen molar-refractivity contribution in [3.05, 3.63) is 22.7 Å². The highest BCUT2D eigenvalue weighted by atomic mass is 32.1. The molecule has 0 aliphatic rings. The van der Waals surface area contributed by atoms with Gasteiger partial charge >= 0.3 is 0 Å². The lowest BCUT2D eigenvalue weighted by molar-refractivity contribution is 0.145. The van der Waals surface area contributed by atoms with E-state index in [2.05, 4.69) is 22.2 Å². The van der Waals surface area contributed by atoms with Gasteiger partial charge in [0.1, 0.15) is 0 Å². The molecule has 0 amide bonds. The van der Waals surface area contributed by atoms with Crippen molar-refractivity contribution in [2.45, 2.75) is 6.43 Å². The van der Waals surface area contributed by atoms with E-state index in [0.717, 1.165) is 0 Å². The zero-order valence-electron chi connectivity index (χ0n) is 4.84. The van der Waals surface area contributed by atoms with Crippen LogP contribution in [0.1, 0.15) is 12.1 Å². The zero-order valence-corrected chi connectivity index (χ0v) is 5.66. The van der Waals surface area contributed by atoms with Gasteiger partial charge in [0.05, 0.1) is 5.69 Å². The summed E-state index contributed by atoms with van der Waals surface area (Å²) in [6, 6.07) is 1.19. The third-order valence-electron chi connectivity index (χ3n) is 0.932. The fourth-order valence-electron chi connectivity index (χ4n) is 0.510. The maximum atomic E-state index is 11.8. The Morgan fingerprint density at radius 1 is 1.60 bits per heavy atom. The number of halogens is 2. The molecular weight excluding hydrogens is 158 g/mol. The van der Waals surface area contributed by atoms with Crippen LogP contribution in [0.5, 0.6) is 0 Å². The molecule has 0 fully saturated rings. The van der Waals surface area contributed by atoms with Crippen molar-refractivity contribution in [2.24, 2.45) is 0 Å². The molecule has 5 heteroatoms. The topological polar surface area (TPSA) is 28.7 Å². The molecule has 1 aromatic rings. The van der Waals surface area contributed by atoms with E-state index in [4.69, 9.17) is 0 Å². The van der Waals surface area contributed by atoms with Crippen LogP contribution in [0, 0.1) is 4.77 Å². The van der Waals surface area contributed by atoms with Crippen LogP contribution in [0.3, 0.4) is 0 Å². The van der Waals surface area contributed by atoms with Crippen molar-refractivity contribution in [1.82, 2.24) is 9.97 Å². The number of aromatic nitrogens is 2. The lowest BCUT2D eigenvalue weighted by Crippen LogP contribution is -1.90. The summed E-state index contributed by atoms with van der Waals surface area (Å²) in [5, 5.41) is 0. The van der Waals surface area contributed by atoms with Crippen molar-refractivity contribution in [3.63, 3.8) is 0 Å². The minimum Gasteiger partial charge on any atom is -0.330 e. The van der Waals surface area contributed by atoms with Crippen molar-refractivity contribution < 1.29 is 8.78 Å². The Morgan fingerprint density at radius 2 is 2.30 bits per heavy atom. The highest BCUT2D eigenvalue weighted by Gasteiger charge is 2.04. The summed E-state index contributed by atoms with van der Waals surface area (Å²) in [5.41, 5.74) is -0.194. The summed E-state index contributed by atoms with van der Waals surface area (Å²) in [5.74, 6) is 0. The highest BCUT2D eigenvalue weighted by molar-refractivity contribution is 7.71. The molecule has 0 atom stereocenters. The number of hydrogen-bond acceptors (Lipinski definition) is 2. The molecule has 54 valence electrons. The molecule has 0 saturated heterocycles. The summed E-state index contributed by atoms with van der Waals surface area (Å²) in [4.78, 5) is 5.81. The Labute approximate surface area is 60.9 Å². The summed E-state index contributed by atoms with van der Waals surface area (Å²) < 4.78 is 23.8. The maximum Gasteiger partial charge on any atom is 0.278 e. The molecule has 0 spiro atoms. The molecular formula is C5H4F2N2S. The Hall–Kier alpha value is -0.840. The van der Waals surface area contributed by atoms with E-state index in [1.54, 1.807) is 0 Å². The Morgan fingerprint density at radius 3 is 2.70 bits per heavy atom. The largest absolute Gasteiger partial charge is 0.330 e. The van der Waals surface area contributed by atoms with Crippen molar-refractivity contribution in [3.8, 4) is 0 Å². The van der Waals surface area contributed by atoms with E-state index in [0.29, 0.717) is 0 Å². The average molecular weight is 162 g/mol. The van der Waals surface area contributed by atoms with Crippen LogP contribution in [0.25, 0.3) is 0 Å². The van der Waals surface area contributed by atoms with Gasteiger partial charge in [-0.2, -0.15) is 0 Å². The lowest BCUT2D eigenvalue weighted by atomic mass is 10.4. The van der Waals surface area contributed by atoms with Gasteiger partial charge < -0.3 is 4.98 Å². The number of alkyl halides is 2. The standard InChI is InChI=1S/C5H4F2N2S/c6-4(7)3-1-2-8-5(10)9-3/h1-2,4H,(H,8,9,10). The number of H-pyrrole nitrogens is 1. The SMILES string of the molecule is FC(F)c1ccnc(=S)[nH]1. The van der Waals surface area contributed by atoms with Gasteiger partial charge in [-0.15, -0.1) is 0 Å². The molecule has 1 N–H and O–H groups in total. The summed E-state index contributed by atoms with van der Waals surface area (Å²) in [7, 11) is 0. The number of nitrogens with zero attached hydrogens (tertiary/aromatic N) is 1. The Bertz CT molecular complexity index is 270. The van der Waals surface area contributed by atoms with Crippen molar-refractivity contribution >= 4 is 12.2 Å². The third kappa shape index (κ3) is 1.57. The van der Waals surface area contributed by atoms with E-state index in [1.807, 2.05) is 0 Å². The molecule has 1 rings (SSSR count). The van der Waals surface area contributed by atoms with Gasteiger partial charge in [-0.3, -0.25) is 0 Å². The molecule has 0 unspecified atom stereocenters. The van der Waals surface area contributed by atoms with Gasteiger partial charge in [0.25, 0.3) is 6.43 Å². The first kappa shape index (κ1) is 7.27. The van der Waals surface area contributed by atoms with Crippen molar-refractivity contribution in [2.75, 3.05) is 0 Å². The van der Waals surface area contributed by atoms with Gasteiger partial charge in [-0.05, 0) is 18.3 Å². The van der Waals surface area contributed by atoms with E-state index in [-0.39, 0.29) is 10.5 Å². The van der Waals surface area contributed by atoms with Gasteiger partial charge in [-0.1, -0.05) is 0 Å². The highest BCUT2D eigenvalue weighted by Crippen LogP contribution is 2.13. The number of hydrogen-bond donors (Lipinski definition) is 1. The molecule has 2 nitrogen and oxygen atoms in total. The van der Waals surface area contributed by atoms with Gasteiger partial charge in [0, 0.05) is 6.20 Å². The first-order valence-electron chi connectivity index (χ1n) is 2.53. The zero-order chi connectivity index (χ0) is 7.56. The van der Waals surface area contributed by atoms with E-state index in [9.17, 15) is 8.78 Å². The smallest absolute Gasteiger partial charge is 0.278 e. The van der Waals surface area contributed by atoms with E-state index in [1.165, 1.54) is 12.3 Å². The molecule has 0 bridgehead atoms. The molecule has 1 heterocycles. The van der Waals surface area contributed by atoms with Crippen LogP contribution in [-0.2, 0) is 0 Å². The van der Waals surface area contributed by atoms with Gasteiger partial charge in [-0.25, -0.2) is 13.8 Å². The fraction of sp³-hybridized carbons (Fsp3) is 0.200. The number of rotatable bonds is 1. The summed E-state index contributed by atoms with van der Waals surface area (Å²) >= 11 is 4.52. The molecule has 10 heavy (non-hydrogen) atoms. The maximum absolute atomic E-state index is 11.8. The normalized spacial score (nSPS) is 10.3. The average Bonchev–Trinajstić information content (AvgIpc) is 1.88. The fourth-order valence-corrected chi connectivity index (χ4v) is 0.689. The van der Waals surface area contributed by atoms with Crippen LogP contribution in [0.4, 0.5) is 8.78 Å². The molecule has 1 aromatic heterocycles. The second kappa shape index (κ2) is 2.83. The molecule has 0 radical (unpaired) electrons. The first-order chi connectivity index (χ1) is 4.70. The summed E-state index contributed by atoms with van der Waals surface area (Å²) in [6.45, 7) is 0. The minimum atomic E-state index is -2.51. The Kier molecular flexibility index (Phi) is 2.06. The van der Waals surface area contributed by atoms with Crippen molar-refractivity contribution in [1.29, 1.82) is 0 Å². The summed E-state index contributed by atoms with van der Waals surface area (Å²) in [6.07, 6.45) is -1.26. The molecule has 0 saturated carbocycles. The van der Waals surface area contributed by atoms with Crippen LogP contribution in [-0.4, -0.2) is 9.97 Å². The predicted molar refractivity (Wildman–Crippen MR) is 34.4 cm³/mol. The monoisotopic (exact) mass is 162 g/mol. The lowest BCUT2D eigenvalue weighted by Gasteiger charge is -1.95. The minimum absolute atomic E-state index is 0.0813. The molecule has 0 aromatic carbocycles. The second-order valence-electron chi connectivity index (χ2n) is 1.63. The molecule has 0 aliphatic carbocycles. The van der Waals surface area contributed by atoms with Gasteiger partial charge in [0.2, 0.25) is 0 Å². The predicted octanol–water partition coefficient (Wildman–Crippen LogP) is 2.08. The second-order valence-corrected chi connectivity index (χ2v) is 2.02. The Balaban J connectivity index is 3.07. The van der Waals surface area contributed by atoms with Crippen LogP contribution >= 0.6 is 12.2 Å². The third-order valence-corrected chi connectivity index (χ3v) is 1.14. The number of nitrogens with one attached hydrogen (secondary N) is 1. The van der Waals surface area contributed by atoms with E-state index < -0.39 is 6.43 Å². The van der Waals surface area contributed by atoms with Crippen LogP contribution in [0.2, 0.25) is 0 Å². The first-order valence-corrected chi connectivity index (χ1v) is 2.94. The van der Waals surface area contributed by atoms with E-state index >= 15 is 0 Å². The quantitative estimate of drug-likeness (QED) is 0.640. The van der Waals surface area contributed by atoms with Crippen LogP contribution in [0.15, 0.2) is 12.3 Å².